The van der Waals surface area contributed by atoms with Crippen LogP contribution in [0.1, 0.15) is 20.3 Å². The molecule has 0 aliphatic heterocycles. The fourth-order valence-corrected chi connectivity index (χ4v) is 1.58. The average molecular weight is 205 g/mol. The van der Waals surface area contributed by atoms with E-state index in [9.17, 15) is 0 Å². The highest BCUT2D eigenvalue weighted by Crippen LogP contribution is 2.18. The first kappa shape index (κ1) is 9.89. The molecule has 5 nitrogen and oxygen atoms in total. The molecule has 0 saturated carbocycles. The van der Waals surface area contributed by atoms with Crippen molar-refractivity contribution >= 4 is 16.9 Å². The largest absolute Gasteiger partial charge is 0.370 e. The minimum Gasteiger partial charge on any atom is -0.370 e. The van der Waals surface area contributed by atoms with E-state index in [1.54, 1.807) is 6.33 Å². The summed E-state index contributed by atoms with van der Waals surface area (Å²) in [5, 5.41) is 8.50. The van der Waals surface area contributed by atoms with Gasteiger partial charge in [-0.15, -0.1) is 0 Å². The lowest BCUT2D eigenvalue weighted by molar-refractivity contribution is 0.617. The van der Waals surface area contributed by atoms with Gasteiger partial charge in [0.2, 0.25) is 0 Å². The summed E-state index contributed by atoms with van der Waals surface area (Å²) in [6.07, 6.45) is 4.45. The van der Waals surface area contributed by atoms with Gasteiger partial charge in [0.1, 0.15) is 12.1 Å². The highest BCUT2D eigenvalue weighted by Gasteiger charge is 2.07. The van der Waals surface area contributed by atoms with Gasteiger partial charge in [-0.3, -0.25) is 0 Å². The number of aromatic nitrogens is 4. The molecule has 80 valence electrons. The second-order valence-electron chi connectivity index (χ2n) is 3.36. The minimum absolute atomic E-state index is 0.852. The third-order valence-electron chi connectivity index (χ3n) is 2.21. The first-order chi connectivity index (χ1) is 7.36. The van der Waals surface area contributed by atoms with Crippen molar-refractivity contribution in [2.75, 3.05) is 11.9 Å². The molecule has 2 heterocycles. The summed E-state index contributed by atoms with van der Waals surface area (Å²) < 4.78 is 1.91. The molecule has 0 fully saturated rings. The normalized spacial score (nSPS) is 10.8. The van der Waals surface area contributed by atoms with Crippen molar-refractivity contribution in [2.24, 2.45) is 0 Å². The number of anilines is 1. The average Bonchev–Trinajstić information content (AvgIpc) is 2.64. The van der Waals surface area contributed by atoms with E-state index in [-0.39, 0.29) is 0 Å². The second kappa shape index (κ2) is 4.25. The summed E-state index contributed by atoms with van der Waals surface area (Å²) in [5.74, 6) is 0.866. The molecule has 0 unspecified atom stereocenters. The van der Waals surface area contributed by atoms with Crippen molar-refractivity contribution in [1.29, 1.82) is 0 Å². The van der Waals surface area contributed by atoms with Crippen molar-refractivity contribution in [3.05, 3.63) is 12.5 Å². The van der Waals surface area contributed by atoms with Gasteiger partial charge >= 0.3 is 0 Å². The number of rotatable bonds is 4. The Bertz CT molecular complexity index is 448. The molecule has 15 heavy (non-hydrogen) atoms. The zero-order chi connectivity index (χ0) is 10.7. The molecule has 0 radical (unpaired) electrons. The summed E-state index contributed by atoms with van der Waals surface area (Å²) in [6, 6.07) is 0. The summed E-state index contributed by atoms with van der Waals surface area (Å²) in [6.45, 7) is 5.92. The van der Waals surface area contributed by atoms with Crippen molar-refractivity contribution in [3.8, 4) is 0 Å². The SMILES string of the molecule is CCCn1ncc2c(NCC)ncnc21. The Morgan fingerprint density at radius 2 is 2.20 bits per heavy atom. The molecule has 0 bridgehead atoms. The van der Waals surface area contributed by atoms with Crippen LogP contribution >= 0.6 is 0 Å². The van der Waals surface area contributed by atoms with Crippen LogP contribution in [0.25, 0.3) is 11.0 Å². The smallest absolute Gasteiger partial charge is 0.163 e. The molecular weight excluding hydrogens is 190 g/mol. The minimum atomic E-state index is 0.852. The van der Waals surface area contributed by atoms with E-state index in [2.05, 4.69) is 27.3 Å². The maximum Gasteiger partial charge on any atom is 0.163 e. The van der Waals surface area contributed by atoms with E-state index in [1.807, 2.05) is 17.8 Å². The molecule has 0 amide bonds. The summed E-state index contributed by atoms with van der Waals surface area (Å²) in [5.41, 5.74) is 0.905. The first-order valence-corrected chi connectivity index (χ1v) is 5.27. The molecule has 5 heteroatoms. The molecule has 0 aliphatic rings. The number of aryl methyl sites for hydroxylation is 1. The molecule has 0 aliphatic carbocycles. The number of hydrogen-bond acceptors (Lipinski definition) is 4. The van der Waals surface area contributed by atoms with Crippen LogP contribution in [0.15, 0.2) is 12.5 Å². The van der Waals surface area contributed by atoms with Gasteiger partial charge in [-0.05, 0) is 13.3 Å². The van der Waals surface area contributed by atoms with Crippen molar-refractivity contribution in [3.63, 3.8) is 0 Å². The lowest BCUT2D eigenvalue weighted by Gasteiger charge is -2.03. The van der Waals surface area contributed by atoms with Crippen molar-refractivity contribution in [1.82, 2.24) is 19.7 Å². The topological polar surface area (TPSA) is 55.6 Å². The fourth-order valence-electron chi connectivity index (χ4n) is 1.58. The molecule has 2 aromatic heterocycles. The van der Waals surface area contributed by atoms with Crippen LogP contribution in [0.3, 0.4) is 0 Å². The number of hydrogen-bond donors (Lipinski definition) is 1. The standard InChI is InChI=1S/C10H15N5/c1-3-5-15-10-8(6-14-15)9(11-4-2)12-7-13-10/h6-7H,3-5H2,1-2H3,(H,11,12,13). The maximum absolute atomic E-state index is 4.30. The number of nitrogens with one attached hydrogen (secondary N) is 1. The summed E-state index contributed by atoms with van der Waals surface area (Å²) in [4.78, 5) is 8.45. The van der Waals surface area contributed by atoms with Crippen molar-refractivity contribution < 1.29 is 0 Å². The number of fused-ring (bicyclic) bond motifs is 1. The van der Waals surface area contributed by atoms with Crippen LogP contribution < -0.4 is 5.32 Å². The third-order valence-corrected chi connectivity index (χ3v) is 2.21. The Morgan fingerprint density at radius 3 is 2.93 bits per heavy atom. The van der Waals surface area contributed by atoms with Gasteiger partial charge in [0.05, 0.1) is 11.6 Å². The van der Waals surface area contributed by atoms with E-state index in [1.165, 1.54) is 0 Å². The summed E-state index contributed by atoms with van der Waals surface area (Å²) in [7, 11) is 0. The molecule has 0 spiro atoms. The summed E-state index contributed by atoms with van der Waals surface area (Å²) >= 11 is 0. The van der Waals surface area contributed by atoms with Gasteiger partial charge in [-0.25, -0.2) is 14.6 Å². The van der Waals surface area contributed by atoms with Gasteiger partial charge in [0.25, 0.3) is 0 Å². The quantitative estimate of drug-likeness (QED) is 0.824. The van der Waals surface area contributed by atoms with Crippen LogP contribution in [-0.4, -0.2) is 26.3 Å². The van der Waals surface area contributed by atoms with Gasteiger partial charge < -0.3 is 5.32 Å². The Balaban J connectivity index is 2.48. The highest BCUT2D eigenvalue weighted by molar-refractivity contribution is 5.85. The monoisotopic (exact) mass is 205 g/mol. The van der Waals surface area contributed by atoms with Crippen LogP contribution in [0.5, 0.6) is 0 Å². The van der Waals surface area contributed by atoms with Crippen LogP contribution in [0, 0.1) is 0 Å². The van der Waals surface area contributed by atoms with E-state index >= 15 is 0 Å². The predicted molar refractivity (Wildman–Crippen MR) is 59.8 cm³/mol. The predicted octanol–water partition coefficient (Wildman–Crippen LogP) is 1.67. The van der Waals surface area contributed by atoms with Gasteiger partial charge in [0.15, 0.2) is 5.65 Å². The Morgan fingerprint density at radius 1 is 1.33 bits per heavy atom. The molecule has 1 N–H and O–H groups in total. The zero-order valence-electron chi connectivity index (χ0n) is 9.06. The van der Waals surface area contributed by atoms with E-state index in [4.69, 9.17) is 0 Å². The zero-order valence-corrected chi connectivity index (χ0v) is 9.06. The maximum atomic E-state index is 4.30. The van der Waals surface area contributed by atoms with Gasteiger partial charge in [-0.1, -0.05) is 6.92 Å². The first-order valence-electron chi connectivity index (χ1n) is 5.27. The Labute approximate surface area is 88.5 Å². The lowest BCUT2D eigenvalue weighted by atomic mass is 10.4. The van der Waals surface area contributed by atoms with E-state index in [0.29, 0.717) is 0 Å². The van der Waals surface area contributed by atoms with Crippen molar-refractivity contribution in [2.45, 2.75) is 26.8 Å². The Hall–Kier alpha value is -1.65. The van der Waals surface area contributed by atoms with Crippen LogP contribution in [-0.2, 0) is 6.54 Å². The molecule has 0 aromatic carbocycles. The second-order valence-corrected chi connectivity index (χ2v) is 3.36. The van der Waals surface area contributed by atoms with Gasteiger partial charge in [0, 0.05) is 13.1 Å². The van der Waals surface area contributed by atoms with Crippen LogP contribution in [0.4, 0.5) is 5.82 Å². The van der Waals surface area contributed by atoms with E-state index < -0.39 is 0 Å². The number of nitrogens with zero attached hydrogens (tertiary/aromatic N) is 4. The molecular formula is C10H15N5. The van der Waals surface area contributed by atoms with Gasteiger partial charge in [-0.2, -0.15) is 5.10 Å². The molecule has 0 atom stereocenters. The van der Waals surface area contributed by atoms with Crippen LogP contribution in [0.2, 0.25) is 0 Å². The molecule has 2 rings (SSSR count). The fraction of sp³-hybridized carbons (Fsp3) is 0.500. The third kappa shape index (κ3) is 1.77. The van der Waals surface area contributed by atoms with E-state index in [0.717, 1.165) is 36.4 Å². The highest BCUT2D eigenvalue weighted by atomic mass is 15.3. The lowest BCUT2D eigenvalue weighted by Crippen LogP contribution is -2.02. The molecule has 2 aromatic rings. The molecule has 0 saturated heterocycles. The Kier molecular flexibility index (Phi) is 2.80.